The molecule has 0 atom stereocenters. The summed E-state index contributed by atoms with van der Waals surface area (Å²) in [5.74, 6) is 0.422. The number of fused-ring (bicyclic) bond motifs is 2. The Balaban J connectivity index is 1.95. The number of nitrogens with two attached hydrogens (primary N) is 1. The highest BCUT2D eigenvalue weighted by molar-refractivity contribution is 6.06. The second-order valence-electron chi connectivity index (χ2n) is 8.14. The molecule has 1 aliphatic rings. The number of imidazole rings is 1. The largest absolute Gasteiger partial charge is 0.398 e. The van der Waals surface area contributed by atoms with Gasteiger partial charge in [0.25, 0.3) is 0 Å². The zero-order valence-corrected chi connectivity index (χ0v) is 17.4. The van der Waals surface area contributed by atoms with Crippen LogP contribution in [-0.4, -0.2) is 28.8 Å². The molecule has 0 radical (unpaired) electrons. The average Bonchev–Trinajstić information content (AvgIpc) is 3.25. The van der Waals surface area contributed by atoms with Gasteiger partial charge in [0.05, 0.1) is 28.7 Å². The van der Waals surface area contributed by atoms with Crippen molar-refractivity contribution in [1.82, 2.24) is 23.9 Å². The molecule has 0 bridgehead atoms. The first kappa shape index (κ1) is 19.3. The van der Waals surface area contributed by atoms with Gasteiger partial charge < -0.3 is 25.0 Å². The van der Waals surface area contributed by atoms with E-state index in [1.807, 2.05) is 35.9 Å². The van der Waals surface area contributed by atoms with Crippen LogP contribution in [0.3, 0.4) is 0 Å². The Kier molecular flexibility index (Phi) is 4.31. The van der Waals surface area contributed by atoms with E-state index >= 15 is 0 Å². The Morgan fingerprint density at radius 2 is 1.87 bits per heavy atom. The third-order valence-electron chi connectivity index (χ3n) is 6.33. The second kappa shape index (κ2) is 6.93. The Hall–Kier alpha value is -3.69. The smallest absolute Gasteiger partial charge is 0.384 e. The number of nitro groups is 1. The third-order valence-corrected chi connectivity index (χ3v) is 6.33. The molecule has 4 aromatic rings. The summed E-state index contributed by atoms with van der Waals surface area (Å²) < 4.78 is 4.69. The average molecular weight is 421 g/mol. The molecule has 5 rings (SSSR count). The third kappa shape index (κ3) is 2.74. The van der Waals surface area contributed by atoms with Gasteiger partial charge in [0.15, 0.2) is 0 Å². The van der Waals surface area contributed by atoms with Crippen molar-refractivity contribution in [2.45, 2.75) is 38.1 Å². The maximum Gasteiger partial charge on any atom is 0.398 e. The van der Waals surface area contributed by atoms with E-state index < -0.39 is 10.5 Å². The lowest BCUT2D eigenvalue weighted by atomic mass is 9.95. The van der Waals surface area contributed by atoms with Gasteiger partial charge in [-0.3, -0.25) is 4.79 Å². The number of anilines is 1. The molecule has 1 aromatic carbocycles. The Morgan fingerprint density at radius 1 is 1.16 bits per heavy atom. The van der Waals surface area contributed by atoms with Crippen LogP contribution in [0.2, 0.25) is 0 Å². The van der Waals surface area contributed by atoms with Gasteiger partial charge in [-0.1, -0.05) is 31.4 Å². The second-order valence-corrected chi connectivity index (χ2v) is 8.14. The molecule has 10 nitrogen and oxygen atoms in total. The first-order valence-electron chi connectivity index (χ1n) is 10.4. The van der Waals surface area contributed by atoms with Crippen molar-refractivity contribution in [3.8, 4) is 11.4 Å². The van der Waals surface area contributed by atoms with Crippen molar-refractivity contribution < 1.29 is 4.92 Å². The summed E-state index contributed by atoms with van der Waals surface area (Å²) in [6.07, 6.45) is 4.93. The minimum Gasteiger partial charge on any atom is -0.384 e. The molecule has 3 aromatic heterocycles. The predicted molar refractivity (Wildman–Crippen MR) is 118 cm³/mol. The van der Waals surface area contributed by atoms with Crippen molar-refractivity contribution in [2.24, 2.45) is 14.1 Å². The lowest BCUT2D eigenvalue weighted by molar-refractivity contribution is -0.388. The van der Waals surface area contributed by atoms with E-state index in [1.54, 1.807) is 4.57 Å². The molecule has 1 aliphatic carbocycles. The van der Waals surface area contributed by atoms with Crippen molar-refractivity contribution in [2.75, 3.05) is 5.73 Å². The van der Waals surface area contributed by atoms with Crippen LogP contribution < -0.4 is 11.3 Å². The van der Waals surface area contributed by atoms with Crippen LogP contribution in [-0.2, 0) is 14.1 Å². The van der Waals surface area contributed by atoms with Crippen LogP contribution in [0, 0.1) is 10.1 Å². The number of nitrogens with zero attached hydrogens (tertiary/aromatic N) is 6. The SMILES string of the molecule is Cn1nc([N+](=O)[O-])c2c(-c3nc4ccccc4n3C)c(N)n(C3CCCCC3)c2c1=O. The van der Waals surface area contributed by atoms with Crippen molar-refractivity contribution in [3.63, 3.8) is 0 Å². The van der Waals surface area contributed by atoms with Crippen LogP contribution in [0.4, 0.5) is 11.6 Å². The highest BCUT2D eigenvalue weighted by Gasteiger charge is 2.34. The molecule has 3 heterocycles. The van der Waals surface area contributed by atoms with E-state index in [9.17, 15) is 14.9 Å². The lowest BCUT2D eigenvalue weighted by Crippen LogP contribution is -2.25. The summed E-state index contributed by atoms with van der Waals surface area (Å²) in [4.78, 5) is 29.3. The van der Waals surface area contributed by atoms with Crippen molar-refractivity contribution in [1.29, 1.82) is 0 Å². The quantitative estimate of drug-likeness (QED) is 0.399. The molecule has 10 heteroatoms. The number of benzene rings is 1. The Labute approximate surface area is 177 Å². The first-order valence-corrected chi connectivity index (χ1v) is 10.4. The lowest BCUT2D eigenvalue weighted by Gasteiger charge is -2.25. The molecule has 1 fully saturated rings. The van der Waals surface area contributed by atoms with Gasteiger partial charge in [-0.15, -0.1) is 4.68 Å². The molecule has 0 spiro atoms. The number of nitrogen functional groups attached to an aromatic ring is 1. The topological polar surface area (TPSA) is 127 Å². The van der Waals surface area contributed by atoms with Gasteiger partial charge in [-0.05, 0) is 29.9 Å². The number of aryl methyl sites for hydroxylation is 2. The number of hydrogen-bond acceptors (Lipinski definition) is 6. The predicted octanol–water partition coefficient (Wildman–Crippen LogP) is 3.28. The van der Waals surface area contributed by atoms with Crippen LogP contribution >= 0.6 is 0 Å². The van der Waals surface area contributed by atoms with E-state index in [0.29, 0.717) is 17.2 Å². The molecule has 31 heavy (non-hydrogen) atoms. The highest BCUT2D eigenvalue weighted by atomic mass is 16.6. The van der Waals surface area contributed by atoms with E-state index in [4.69, 9.17) is 10.7 Å². The van der Waals surface area contributed by atoms with Crippen LogP contribution in [0.1, 0.15) is 38.1 Å². The summed E-state index contributed by atoms with van der Waals surface area (Å²) in [6.45, 7) is 0. The molecule has 1 saturated carbocycles. The molecule has 0 unspecified atom stereocenters. The Bertz CT molecular complexity index is 1410. The van der Waals surface area contributed by atoms with E-state index in [2.05, 4.69) is 5.10 Å². The summed E-state index contributed by atoms with van der Waals surface area (Å²) in [6, 6.07) is 7.60. The molecule has 160 valence electrons. The molecule has 2 N–H and O–H groups in total. The van der Waals surface area contributed by atoms with Crippen LogP contribution in [0.25, 0.3) is 33.3 Å². The zero-order chi connectivity index (χ0) is 21.9. The zero-order valence-electron chi connectivity index (χ0n) is 17.4. The fourth-order valence-corrected chi connectivity index (χ4v) is 4.87. The Morgan fingerprint density at radius 3 is 2.55 bits per heavy atom. The van der Waals surface area contributed by atoms with Gasteiger partial charge in [0.2, 0.25) is 0 Å². The minimum absolute atomic E-state index is 0.00869. The summed E-state index contributed by atoms with van der Waals surface area (Å²) in [7, 11) is 3.27. The molecular weight excluding hydrogens is 398 g/mol. The van der Waals surface area contributed by atoms with Crippen LogP contribution in [0.15, 0.2) is 29.1 Å². The summed E-state index contributed by atoms with van der Waals surface area (Å²) >= 11 is 0. The fourth-order valence-electron chi connectivity index (χ4n) is 4.87. The summed E-state index contributed by atoms with van der Waals surface area (Å²) in [5, 5.41) is 16.1. The molecule has 0 aliphatic heterocycles. The molecule has 0 amide bonds. The van der Waals surface area contributed by atoms with Gasteiger partial charge in [0.1, 0.15) is 22.5 Å². The number of aromatic nitrogens is 5. The maximum absolute atomic E-state index is 13.2. The van der Waals surface area contributed by atoms with E-state index in [0.717, 1.165) is 47.8 Å². The van der Waals surface area contributed by atoms with Gasteiger partial charge in [-0.25, -0.2) is 4.98 Å². The van der Waals surface area contributed by atoms with Crippen LogP contribution in [0.5, 0.6) is 0 Å². The van der Waals surface area contributed by atoms with Gasteiger partial charge in [0, 0.05) is 13.1 Å². The number of hydrogen-bond donors (Lipinski definition) is 1. The van der Waals surface area contributed by atoms with Gasteiger partial charge >= 0.3 is 11.4 Å². The molecular formula is C21H23N7O3. The van der Waals surface area contributed by atoms with Gasteiger partial charge in [-0.2, -0.15) is 0 Å². The van der Waals surface area contributed by atoms with Crippen molar-refractivity contribution >= 4 is 33.6 Å². The van der Waals surface area contributed by atoms with E-state index in [-0.39, 0.29) is 22.8 Å². The minimum atomic E-state index is -0.557. The number of para-hydroxylation sites is 2. The van der Waals surface area contributed by atoms with E-state index in [1.165, 1.54) is 7.05 Å². The maximum atomic E-state index is 13.2. The monoisotopic (exact) mass is 421 g/mol. The highest BCUT2D eigenvalue weighted by Crippen LogP contribution is 2.43. The number of rotatable bonds is 3. The summed E-state index contributed by atoms with van der Waals surface area (Å²) in [5.41, 5.74) is 8.52. The first-order chi connectivity index (χ1) is 14.9. The standard InChI is InChI=1S/C21H23N7O3/c1-25-14-11-7-6-10-13(14)23-19(25)16-15-17(21(29)26(2)24-20(15)28(30)31)27(18(16)22)12-8-4-3-5-9-12/h6-7,10-12H,3-5,8-9,22H2,1-2H3. The molecule has 0 saturated heterocycles. The fraction of sp³-hybridized carbons (Fsp3) is 0.381. The normalized spacial score (nSPS) is 15.2. The van der Waals surface area contributed by atoms with Crippen molar-refractivity contribution in [3.05, 3.63) is 44.7 Å².